The van der Waals surface area contributed by atoms with Crippen LogP contribution in [0.3, 0.4) is 0 Å². The molecule has 1 heterocycles. The summed E-state index contributed by atoms with van der Waals surface area (Å²) in [6.07, 6.45) is 2.78. The van der Waals surface area contributed by atoms with E-state index in [0.29, 0.717) is 6.61 Å². The van der Waals surface area contributed by atoms with Gasteiger partial charge in [-0.05, 0) is 33.1 Å². The van der Waals surface area contributed by atoms with Crippen molar-refractivity contribution in [2.24, 2.45) is 0 Å². The number of carbonyl (C=O) groups excluding carboxylic acids is 1. The van der Waals surface area contributed by atoms with Crippen LogP contribution < -0.4 is 5.32 Å². The molecule has 1 amide bonds. The van der Waals surface area contributed by atoms with Gasteiger partial charge in [-0.1, -0.05) is 15.9 Å². The first-order chi connectivity index (χ1) is 6.55. The summed E-state index contributed by atoms with van der Waals surface area (Å²) in [4.78, 5) is 11.7. The molecule has 0 aromatic carbocycles. The lowest BCUT2D eigenvalue weighted by Gasteiger charge is -2.28. The first-order valence-corrected chi connectivity index (χ1v) is 6.17. The van der Waals surface area contributed by atoms with Gasteiger partial charge in [0, 0.05) is 17.5 Å². The zero-order valence-corrected chi connectivity index (χ0v) is 10.4. The molecule has 1 saturated heterocycles. The maximum absolute atomic E-state index is 11.7. The second-order valence-electron chi connectivity index (χ2n) is 4.36. The fourth-order valence-electron chi connectivity index (χ4n) is 1.39. The number of ether oxygens (including phenoxy) is 1. The Hall–Kier alpha value is -0.0900. The van der Waals surface area contributed by atoms with Crippen molar-refractivity contribution < 1.29 is 9.53 Å². The molecular formula is C10H18BrNO2. The van der Waals surface area contributed by atoms with Crippen molar-refractivity contribution in [3.8, 4) is 0 Å². The van der Waals surface area contributed by atoms with Crippen molar-refractivity contribution in [2.45, 2.75) is 44.8 Å². The van der Waals surface area contributed by atoms with Crippen LogP contribution in [-0.2, 0) is 9.53 Å². The highest BCUT2D eigenvalue weighted by molar-refractivity contribution is 9.09. The smallest absolute Gasteiger partial charge is 0.249 e. The summed E-state index contributed by atoms with van der Waals surface area (Å²) in [6.45, 7) is 4.69. The van der Waals surface area contributed by atoms with Crippen LogP contribution in [0.15, 0.2) is 0 Å². The van der Waals surface area contributed by atoms with Crippen LogP contribution in [0, 0.1) is 0 Å². The number of alkyl halides is 1. The third-order valence-corrected chi connectivity index (χ3v) is 3.67. The molecule has 0 aliphatic carbocycles. The number of rotatable bonds is 3. The molecule has 0 spiro atoms. The maximum atomic E-state index is 11.7. The van der Waals surface area contributed by atoms with Gasteiger partial charge < -0.3 is 10.1 Å². The summed E-state index contributed by atoms with van der Waals surface area (Å²) in [7, 11) is 0. The lowest BCUT2D eigenvalue weighted by Crippen LogP contribution is -2.50. The topological polar surface area (TPSA) is 38.3 Å². The van der Waals surface area contributed by atoms with E-state index in [0.717, 1.165) is 24.6 Å². The molecule has 0 saturated carbocycles. The van der Waals surface area contributed by atoms with Gasteiger partial charge in [-0.25, -0.2) is 0 Å². The summed E-state index contributed by atoms with van der Waals surface area (Å²) in [5.74, 6) is 0.0224. The molecule has 0 aromatic heterocycles. The lowest BCUT2D eigenvalue weighted by atomic mass is 10.1. The molecule has 1 rings (SSSR count). The molecule has 1 fully saturated rings. The fraction of sp³-hybridized carbons (Fsp3) is 0.900. The summed E-state index contributed by atoms with van der Waals surface area (Å²) >= 11 is 3.37. The van der Waals surface area contributed by atoms with E-state index >= 15 is 0 Å². The zero-order chi connectivity index (χ0) is 10.6. The van der Waals surface area contributed by atoms with Crippen molar-refractivity contribution in [3.05, 3.63) is 0 Å². The van der Waals surface area contributed by atoms with Crippen molar-refractivity contribution in [3.63, 3.8) is 0 Å². The normalized spacial score (nSPS) is 23.2. The molecule has 4 heteroatoms. The SMILES string of the molecule is CC(C)(CBr)NC(=O)C1CCCCO1. The number of hydrogen-bond acceptors (Lipinski definition) is 2. The van der Waals surface area contributed by atoms with E-state index in [9.17, 15) is 4.79 Å². The van der Waals surface area contributed by atoms with E-state index in [1.54, 1.807) is 0 Å². The minimum atomic E-state index is -0.234. The molecule has 82 valence electrons. The summed E-state index contributed by atoms with van der Waals surface area (Å²) in [5.41, 5.74) is -0.197. The van der Waals surface area contributed by atoms with Crippen LogP contribution in [0.1, 0.15) is 33.1 Å². The average Bonchev–Trinajstić information content (AvgIpc) is 2.19. The van der Waals surface area contributed by atoms with E-state index in [1.807, 2.05) is 13.8 Å². The van der Waals surface area contributed by atoms with Crippen LogP contribution in [-0.4, -0.2) is 29.5 Å². The van der Waals surface area contributed by atoms with Gasteiger partial charge in [0.1, 0.15) is 6.10 Å². The number of nitrogens with one attached hydrogen (secondary N) is 1. The molecule has 1 unspecified atom stereocenters. The Morgan fingerprint density at radius 3 is 2.79 bits per heavy atom. The molecule has 1 N–H and O–H groups in total. The Kier molecular flexibility index (Phi) is 4.38. The predicted molar refractivity (Wildman–Crippen MR) is 59.6 cm³/mol. The molecule has 0 bridgehead atoms. The van der Waals surface area contributed by atoms with Crippen LogP contribution in [0.25, 0.3) is 0 Å². The summed E-state index contributed by atoms with van der Waals surface area (Å²) in [5, 5.41) is 3.71. The van der Waals surface area contributed by atoms with Gasteiger partial charge in [0.25, 0.3) is 0 Å². The Bertz CT molecular complexity index is 200. The van der Waals surface area contributed by atoms with E-state index in [1.165, 1.54) is 0 Å². The largest absolute Gasteiger partial charge is 0.368 e. The summed E-state index contributed by atoms with van der Waals surface area (Å²) < 4.78 is 5.40. The molecule has 0 aromatic rings. The number of amides is 1. The standard InChI is InChI=1S/C10H18BrNO2/c1-10(2,7-11)12-9(13)8-5-3-4-6-14-8/h8H,3-7H2,1-2H3,(H,12,13). The second kappa shape index (κ2) is 5.12. The van der Waals surface area contributed by atoms with Crippen LogP contribution >= 0.6 is 15.9 Å². The molecule has 14 heavy (non-hydrogen) atoms. The van der Waals surface area contributed by atoms with E-state index in [-0.39, 0.29) is 17.6 Å². The van der Waals surface area contributed by atoms with Crippen molar-refractivity contribution in [1.82, 2.24) is 5.32 Å². The quantitative estimate of drug-likeness (QED) is 0.790. The first-order valence-electron chi connectivity index (χ1n) is 5.05. The Morgan fingerprint density at radius 1 is 1.57 bits per heavy atom. The van der Waals surface area contributed by atoms with Crippen molar-refractivity contribution >= 4 is 21.8 Å². The highest BCUT2D eigenvalue weighted by Gasteiger charge is 2.26. The maximum Gasteiger partial charge on any atom is 0.249 e. The van der Waals surface area contributed by atoms with Gasteiger partial charge in [-0.2, -0.15) is 0 Å². The molecule has 0 radical (unpaired) electrons. The third kappa shape index (κ3) is 3.58. The van der Waals surface area contributed by atoms with Crippen LogP contribution in [0.4, 0.5) is 0 Å². The van der Waals surface area contributed by atoms with E-state index in [2.05, 4.69) is 21.2 Å². The third-order valence-electron chi connectivity index (χ3n) is 2.27. The van der Waals surface area contributed by atoms with Crippen molar-refractivity contribution in [2.75, 3.05) is 11.9 Å². The number of hydrogen-bond donors (Lipinski definition) is 1. The second-order valence-corrected chi connectivity index (χ2v) is 4.92. The zero-order valence-electron chi connectivity index (χ0n) is 8.81. The van der Waals surface area contributed by atoms with Crippen LogP contribution in [0.5, 0.6) is 0 Å². The van der Waals surface area contributed by atoms with Gasteiger partial charge in [0.2, 0.25) is 5.91 Å². The Balaban J connectivity index is 2.40. The highest BCUT2D eigenvalue weighted by Crippen LogP contribution is 2.14. The van der Waals surface area contributed by atoms with Gasteiger partial charge in [0.05, 0.1) is 0 Å². The lowest BCUT2D eigenvalue weighted by molar-refractivity contribution is -0.136. The van der Waals surface area contributed by atoms with Crippen LogP contribution in [0.2, 0.25) is 0 Å². The Morgan fingerprint density at radius 2 is 2.29 bits per heavy atom. The number of halogens is 1. The number of carbonyl (C=O) groups is 1. The minimum absolute atomic E-state index is 0.0224. The van der Waals surface area contributed by atoms with Crippen molar-refractivity contribution in [1.29, 1.82) is 0 Å². The predicted octanol–water partition coefficient (Wildman–Crippen LogP) is 1.85. The van der Waals surface area contributed by atoms with Gasteiger partial charge in [0.15, 0.2) is 0 Å². The Labute approximate surface area is 93.7 Å². The van der Waals surface area contributed by atoms with E-state index < -0.39 is 0 Å². The van der Waals surface area contributed by atoms with Gasteiger partial charge in [-0.15, -0.1) is 0 Å². The monoisotopic (exact) mass is 263 g/mol. The highest BCUT2D eigenvalue weighted by atomic mass is 79.9. The van der Waals surface area contributed by atoms with Gasteiger partial charge >= 0.3 is 0 Å². The van der Waals surface area contributed by atoms with Gasteiger partial charge in [-0.3, -0.25) is 4.79 Å². The average molecular weight is 264 g/mol. The molecule has 3 nitrogen and oxygen atoms in total. The minimum Gasteiger partial charge on any atom is -0.368 e. The molecular weight excluding hydrogens is 246 g/mol. The molecule has 1 aliphatic heterocycles. The summed E-state index contributed by atoms with van der Waals surface area (Å²) in [6, 6.07) is 0. The molecule has 1 aliphatic rings. The molecule has 1 atom stereocenters. The first kappa shape index (κ1) is 12.0. The van der Waals surface area contributed by atoms with E-state index in [4.69, 9.17) is 4.74 Å². The fourth-order valence-corrected chi connectivity index (χ4v) is 1.54.